The molecule has 0 spiro atoms. The van der Waals surface area contributed by atoms with Crippen molar-refractivity contribution in [3.63, 3.8) is 0 Å². The van der Waals surface area contributed by atoms with Gasteiger partial charge < -0.3 is 9.47 Å². The van der Waals surface area contributed by atoms with Crippen molar-refractivity contribution in [2.24, 2.45) is 5.10 Å². The fourth-order valence-corrected chi connectivity index (χ4v) is 2.33. The molecule has 2 aromatic rings. The Bertz CT molecular complexity index is 717. The lowest BCUT2D eigenvalue weighted by molar-refractivity contribution is -0.123. The Morgan fingerprint density at radius 1 is 1.30 bits per heavy atom. The number of ether oxygens (including phenoxy) is 2. The normalized spacial score (nSPS) is 10.6. The highest BCUT2D eigenvalue weighted by Gasteiger charge is 2.04. The van der Waals surface area contributed by atoms with Gasteiger partial charge in [0.15, 0.2) is 6.61 Å². The summed E-state index contributed by atoms with van der Waals surface area (Å²) in [6.07, 6.45) is 1.55. The zero-order valence-electron chi connectivity index (χ0n) is 12.9. The van der Waals surface area contributed by atoms with Crippen molar-refractivity contribution in [2.45, 2.75) is 6.92 Å². The highest BCUT2D eigenvalue weighted by molar-refractivity contribution is 9.10. The Hall–Kier alpha value is -2.34. The van der Waals surface area contributed by atoms with E-state index in [1.165, 1.54) is 0 Å². The number of rotatable bonds is 6. The molecule has 0 saturated carbocycles. The van der Waals surface area contributed by atoms with E-state index in [-0.39, 0.29) is 12.5 Å². The lowest BCUT2D eigenvalue weighted by Gasteiger charge is -2.08. The standard InChI is InChI=1S/C17H17BrN2O3/c1-12-8-14(18)6-7-16(12)23-11-17(21)20-19-10-13-4-3-5-15(9-13)22-2/h3-10H,11H2,1-2H3,(H,20,21). The number of amides is 1. The first-order valence-corrected chi connectivity index (χ1v) is 7.72. The van der Waals surface area contributed by atoms with Gasteiger partial charge >= 0.3 is 0 Å². The maximum atomic E-state index is 11.7. The highest BCUT2D eigenvalue weighted by Crippen LogP contribution is 2.21. The number of aryl methyl sites for hydroxylation is 1. The number of carbonyl (C=O) groups excluding carboxylic acids is 1. The minimum atomic E-state index is -0.327. The van der Waals surface area contributed by atoms with E-state index in [0.717, 1.165) is 21.3 Å². The van der Waals surface area contributed by atoms with E-state index in [1.807, 2.05) is 49.4 Å². The van der Waals surface area contributed by atoms with Crippen LogP contribution >= 0.6 is 15.9 Å². The molecule has 0 atom stereocenters. The predicted molar refractivity (Wildman–Crippen MR) is 93.1 cm³/mol. The van der Waals surface area contributed by atoms with Crippen LogP contribution in [-0.2, 0) is 4.79 Å². The fourth-order valence-electron chi connectivity index (χ4n) is 1.85. The van der Waals surface area contributed by atoms with Crippen LogP contribution in [0, 0.1) is 6.92 Å². The van der Waals surface area contributed by atoms with Crippen LogP contribution in [0.3, 0.4) is 0 Å². The van der Waals surface area contributed by atoms with Crippen LogP contribution in [0.4, 0.5) is 0 Å². The molecule has 0 unspecified atom stereocenters. The highest BCUT2D eigenvalue weighted by atomic mass is 79.9. The van der Waals surface area contributed by atoms with Gasteiger partial charge in [-0.25, -0.2) is 5.43 Å². The second kappa shape index (κ2) is 8.33. The van der Waals surface area contributed by atoms with E-state index < -0.39 is 0 Å². The third-order valence-electron chi connectivity index (χ3n) is 2.99. The molecule has 23 heavy (non-hydrogen) atoms. The smallest absolute Gasteiger partial charge is 0.277 e. The van der Waals surface area contributed by atoms with Crippen molar-refractivity contribution in [2.75, 3.05) is 13.7 Å². The van der Waals surface area contributed by atoms with Crippen LogP contribution in [-0.4, -0.2) is 25.8 Å². The van der Waals surface area contributed by atoms with Crippen molar-refractivity contribution in [3.8, 4) is 11.5 Å². The van der Waals surface area contributed by atoms with Crippen molar-refractivity contribution < 1.29 is 14.3 Å². The van der Waals surface area contributed by atoms with Gasteiger partial charge in [-0.15, -0.1) is 0 Å². The van der Waals surface area contributed by atoms with Crippen LogP contribution in [0.25, 0.3) is 0 Å². The summed E-state index contributed by atoms with van der Waals surface area (Å²) in [5.41, 5.74) is 4.20. The summed E-state index contributed by atoms with van der Waals surface area (Å²) in [4.78, 5) is 11.7. The summed E-state index contributed by atoms with van der Waals surface area (Å²) < 4.78 is 11.6. The van der Waals surface area contributed by atoms with E-state index in [1.54, 1.807) is 13.3 Å². The van der Waals surface area contributed by atoms with Gasteiger partial charge in [0, 0.05) is 4.47 Å². The zero-order chi connectivity index (χ0) is 16.7. The summed E-state index contributed by atoms with van der Waals surface area (Å²) in [7, 11) is 1.60. The number of nitrogens with one attached hydrogen (secondary N) is 1. The first kappa shape index (κ1) is 17.0. The second-order valence-electron chi connectivity index (χ2n) is 4.77. The van der Waals surface area contributed by atoms with Crippen molar-refractivity contribution in [3.05, 3.63) is 58.1 Å². The summed E-state index contributed by atoms with van der Waals surface area (Å²) in [5, 5.41) is 3.90. The van der Waals surface area contributed by atoms with Gasteiger partial charge in [-0.05, 0) is 48.4 Å². The van der Waals surface area contributed by atoms with Crippen molar-refractivity contribution in [1.29, 1.82) is 0 Å². The van der Waals surface area contributed by atoms with Crippen molar-refractivity contribution >= 4 is 28.1 Å². The van der Waals surface area contributed by atoms with E-state index in [4.69, 9.17) is 9.47 Å². The summed E-state index contributed by atoms with van der Waals surface area (Å²) in [5.74, 6) is 1.07. The maximum Gasteiger partial charge on any atom is 0.277 e. The molecular weight excluding hydrogens is 360 g/mol. The number of nitrogens with zero attached hydrogens (tertiary/aromatic N) is 1. The van der Waals surface area contributed by atoms with E-state index in [9.17, 15) is 4.79 Å². The number of methoxy groups -OCH3 is 1. The lowest BCUT2D eigenvalue weighted by atomic mass is 10.2. The first-order chi connectivity index (χ1) is 11.1. The van der Waals surface area contributed by atoms with E-state index >= 15 is 0 Å². The molecule has 0 bridgehead atoms. The van der Waals surface area contributed by atoms with E-state index in [0.29, 0.717) is 5.75 Å². The van der Waals surface area contributed by atoms with Gasteiger partial charge in [-0.2, -0.15) is 5.10 Å². The Labute approximate surface area is 143 Å². The molecule has 0 aliphatic rings. The van der Waals surface area contributed by atoms with Crippen LogP contribution in [0.5, 0.6) is 11.5 Å². The average molecular weight is 377 g/mol. The lowest BCUT2D eigenvalue weighted by Crippen LogP contribution is -2.24. The van der Waals surface area contributed by atoms with Gasteiger partial charge in [0.1, 0.15) is 11.5 Å². The number of hydrazone groups is 1. The molecule has 0 aromatic heterocycles. The van der Waals surface area contributed by atoms with Crippen LogP contribution in [0.1, 0.15) is 11.1 Å². The Balaban J connectivity index is 1.83. The van der Waals surface area contributed by atoms with Gasteiger partial charge in [0.2, 0.25) is 0 Å². The Morgan fingerprint density at radius 3 is 2.87 bits per heavy atom. The van der Waals surface area contributed by atoms with Crippen LogP contribution < -0.4 is 14.9 Å². The average Bonchev–Trinajstić information content (AvgIpc) is 2.54. The SMILES string of the molecule is COc1cccc(C=NNC(=O)COc2ccc(Br)cc2C)c1. The van der Waals surface area contributed by atoms with Gasteiger partial charge in [0.25, 0.3) is 5.91 Å². The van der Waals surface area contributed by atoms with Gasteiger partial charge in [0.05, 0.1) is 13.3 Å². The molecule has 0 radical (unpaired) electrons. The molecule has 0 saturated heterocycles. The second-order valence-corrected chi connectivity index (χ2v) is 5.68. The summed E-state index contributed by atoms with van der Waals surface area (Å²) in [6.45, 7) is 1.82. The molecule has 0 fully saturated rings. The molecular formula is C17H17BrN2O3. The zero-order valence-corrected chi connectivity index (χ0v) is 14.5. The Morgan fingerprint density at radius 2 is 2.13 bits per heavy atom. The predicted octanol–water partition coefficient (Wildman–Crippen LogP) is 3.30. The summed E-state index contributed by atoms with van der Waals surface area (Å²) >= 11 is 3.38. The largest absolute Gasteiger partial charge is 0.497 e. The monoisotopic (exact) mass is 376 g/mol. The van der Waals surface area contributed by atoms with E-state index in [2.05, 4.69) is 26.5 Å². The number of hydrogen-bond acceptors (Lipinski definition) is 4. The van der Waals surface area contributed by atoms with Gasteiger partial charge in [-0.3, -0.25) is 4.79 Å². The molecule has 0 aliphatic carbocycles. The third kappa shape index (κ3) is 5.41. The molecule has 2 rings (SSSR count). The van der Waals surface area contributed by atoms with Crippen LogP contribution in [0.15, 0.2) is 52.0 Å². The molecule has 2 aromatic carbocycles. The molecule has 5 nitrogen and oxygen atoms in total. The minimum Gasteiger partial charge on any atom is -0.497 e. The quantitative estimate of drug-likeness (QED) is 0.621. The molecule has 120 valence electrons. The van der Waals surface area contributed by atoms with Crippen molar-refractivity contribution in [1.82, 2.24) is 5.43 Å². The molecule has 0 aliphatic heterocycles. The van der Waals surface area contributed by atoms with Gasteiger partial charge in [-0.1, -0.05) is 28.1 Å². The number of benzene rings is 2. The minimum absolute atomic E-state index is 0.0993. The number of carbonyl (C=O) groups is 1. The molecule has 1 N–H and O–H groups in total. The fraction of sp³-hybridized carbons (Fsp3) is 0.176. The molecule has 1 amide bonds. The van der Waals surface area contributed by atoms with Crippen LogP contribution in [0.2, 0.25) is 0 Å². The first-order valence-electron chi connectivity index (χ1n) is 6.93. The molecule has 0 heterocycles. The summed E-state index contributed by atoms with van der Waals surface area (Å²) in [6, 6.07) is 13.0. The number of hydrogen-bond donors (Lipinski definition) is 1. The third-order valence-corrected chi connectivity index (χ3v) is 3.49. The number of halogens is 1. The molecule has 6 heteroatoms. The maximum absolute atomic E-state index is 11.7. The Kier molecular flexibility index (Phi) is 6.17. The topological polar surface area (TPSA) is 59.9 Å².